The lowest BCUT2D eigenvalue weighted by Crippen LogP contribution is -2.53. The highest BCUT2D eigenvalue weighted by atomic mass is 16.2. The molecule has 4 N–H and O–H groups in total. The molecule has 4 aliphatic heterocycles. The van der Waals surface area contributed by atoms with E-state index in [4.69, 9.17) is 75.6 Å². The number of piperidine rings is 4. The summed E-state index contributed by atoms with van der Waals surface area (Å²) < 4.78 is 313. The van der Waals surface area contributed by atoms with Crippen molar-refractivity contribution in [1.82, 2.24) is 79.4 Å². The van der Waals surface area contributed by atoms with Crippen molar-refractivity contribution in [2.24, 2.45) is 23.6 Å². The van der Waals surface area contributed by atoms with Gasteiger partial charge in [0.05, 0.1) is 55.3 Å². The number of nitrogens with one attached hydrogen (secondary N) is 4. The van der Waals surface area contributed by atoms with E-state index in [0.29, 0.717) is 28.9 Å². The van der Waals surface area contributed by atoms with Crippen LogP contribution >= 0.6 is 0 Å². The molecule has 8 aromatic rings. The van der Waals surface area contributed by atoms with E-state index in [1.165, 1.54) is 34.5 Å². The van der Waals surface area contributed by atoms with Crippen molar-refractivity contribution < 1.29 is 71.3 Å². The number of aryl methyl sites for hydroxylation is 1. The fourth-order valence-electron chi connectivity index (χ4n) is 9.89. The number of hydrogen-bond acceptors (Lipinski definition) is 16. The number of rotatable bonds is 12. The first-order chi connectivity index (χ1) is 59.9. The molecule has 0 spiro atoms. The Bertz CT molecular complexity index is 5820. The van der Waals surface area contributed by atoms with E-state index >= 15 is 0 Å². The van der Waals surface area contributed by atoms with Gasteiger partial charge in [0.1, 0.15) is 76.6 Å². The Hall–Kier alpha value is -10.5. The highest BCUT2D eigenvalue weighted by molar-refractivity contribution is 5.90. The van der Waals surface area contributed by atoms with E-state index in [1.54, 1.807) is 13.0 Å². The Morgan fingerprint density at radius 1 is 0.548 bits per heavy atom. The van der Waals surface area contributed by atoms with Crippen LogP contribution in [0, 0.1) is 56.8 Å². The topological polar surface area (TPSA) is 278 Å². The second-order valence-corrected chi connectivity index (χ2v) is 20.6. The zero-order valence-corrected chi connectivity index (χ0v) is 49.3. The van der Waals surface area contributed by atoms with Crippen molar-refractivity contribution in [2.45, 2.75) is 84.2 Å². The van der Waals surface area contributed by atoms with Crippen molar-refractivity contribution in [3.8, 4) is 0 Å². The molecule has 0 unspecified atom stereocenters. The highest BCUT2D eigenvalue weighted by Crippen LogP contribution is 2.33. The summed E-state index contributed by atoms with van der Waals surface area (Å²) in [6, 6.07) is -5.40. The van der Waals surface area contributed by atoms with Gasteiger partial charge in [-0.2, -0.15) is 0 Å². The SMILES string of the molecule is [2H]c1nc(N(C([2H])([2H])[2H])[C@@]2([2H])C([2H])([2H])N(C(=O)C[N+]#[C-])C([2H])([2H])C([2H])([2H])[C@@]2([2H])C([2H])([2H])[2H])c2cc[nH]c2n1.[2H]c1nc(N(C([2H])([2H])[2H])[C@@]2([2H])C([2H])([2H])N(C(=O)C[N+]#[C-])CC[C@@]2([2H])C([2H])([2H])[2H])c2cc[nH]c2n1.[2H]c1nc(N([C@H]2CN(C(=O)C[N+]#[C-])CC[C@H]2C([2H])([2H])[2H])C([2H])([2H])[2H])c2cc[nH]c2n1.[2H]c1nc(N([C@H]2CN(C(=O)C[N+]#[C-])CC[C@H]2C)C([2H])([2H])[2H])c2c([2H])c(C)[nH]c2n1. The van der Waals surface area contributed by atoms with Gasteiger partial charge < -0.3 is 78.5 Å². The minimum Gasteiger partial charge on any atom is -0.354 e. The van der Waals surface area contributed by atoms with Crippen LogP contribution in [0.5, 0.6) is 0 Å². The van der Waals surface area contributed by atoms with E-state index in [0.717, 1.165) is 15.9 Å². The van der Waals surface area contributed by atoms with Gasteiger partial charge in [-0.1, -0.05) is 27.5 Å². The molecule has 0 bridgehead atoms. The average Bonchev–Trinajstić information content (AvgIpc) is 0.989. The van der Waals surface area contributed by atoms with Crippen molar-refractivity contribution in [1.29, 1.82) is 0 Å². The summed E-state index contributed by atoms with van der Waals surface area (Å²) in [5.74, 6) is -13.9. The highest BCUT2D eigenvalue weighted by Gasteiger charge is 2.38. The Balaban J connectivity index is 0.000000198. The van der Waals surface area contributed by atoms with Gasteiger partial charge in [-0.3, -0.25) is 19.2 Å². The molecule has 0 aliphatic carbocycles. The van der Waals surface area contributed by atoms with Crippen LogP contribution in [-0.4, -0.2) is 233 Å². The molecule has 12 heterocycles. The molecule has 28 nitrogen and oxygen atoms in total. The van der Waals surface area contributed by atoms with Crippen LogP contribution in [0.4, 0.5) is 23.3 Å². The van der Waals surface area contributed by atoms with Gasteiger partial charge in [-0.15, -0.1) is 0 Å². The molecule has 486 valence electrons. The number of amides is 4. The molecule has 4 amide bonds. The molecule has 4 aliphatic rings. The van der Waals surface area contributed by atoms with Crippen molar-refractivity contribution in [3.05, 3.63) is 119 Å². The van der Waals surface area contributed by atoms with Gasteiger partial charge in [-0.25, -0.2) is 66.2 Å². The third kappa shape index (κ3) is 15.3. The maximum atomic E-state index is 12.9. The van der Waals surface area contributed by atoms with E-state index < -0.39 is 202 Å². The number of carbonyl (C=O) groups is 4. The largest absolute Gasteiger partial charge is 0.354 e. The number of anilines is 4. The molecular weight excluding hydrogens is 1180 g/mol. The lowest BCUT2D eigenvalue weighted by Gasteiger charge is -2.41. The number of aromatic amines is 4. The Morgan fingerprint density at radius 2 is 0.957 bits per heavy atom. The molecule has 0 radical (unpaired) electrons. The summed E-state index contributed by atoms with van der Waals surface area (Å²) in [5, 5.41) is 0.218. The van der Waals surface area contributed by atoms with Crippen LogP contribution < -0.4 is 19.6 Å². The predicted octanol–water partition coefficient (Wildman–Crippen LogP) is 6.51. The lowest BCUT2D eigenvalue weighted by molar-refractivity contribution is -0.131. The number of nitrogens with zero attached hydrogens (tertiary/aromatic N) is 20. The van der Waals surface area contributed by atoms with Crippen LogP contribution in [0.3, 0.4) is 0 Å². The third-order valence-corrected chi connectivity index (χ3v) is 14.7. The predicted molar refractivity (Wildman–Crippen MR) is 356 cm³/mol. The van der Waals surface area contributed by atoms with E-state index in [2.05, 4.69) is 79.2 Å². The first-order valence-corrected chi connectivity index (χ1v) is 27.9. The zero-order chi connectivity index (χ0) is 99.2. The number of hydrogen-bond donors (Lipinski definition) is 4. The number of H-pyrrole nitrogens is 4. The van der Waals surface area contributed by atoms with Gasteiger partial charge in [0.25, 0.3) is 26.2 Å². The summed E-state index contributed by atoms with van der Waals surface area (Å²) in [5.41, 5.74) is 0.743. The number of aromatic nitrogens is 12. The molecule has 0 aromatic carbocycles. The second-order valence-electron chi connectivity index (χ2n) is 20.6. The van der Waals surface area contributed by atoms with Gasteiger partial charge in [0, 0.05) is 141 Å². The first-order valence-electron chi connectivity index (χ1n) is 46.9. The monoisotopic (exact) mass is 1300 g/mol. The second kappa shape index (κ2) is 30.6. The van der Waals surface area contributed by atoms with Gasteiger partial charge >= 0.3 is 23.6 Å². The average molecular weight is 1300 g/mol. The number of likely N-dealkylation sites (N-methyl/N-ethyl adjacent to an activating group) is 4. The first kappa shape index (κ1) is 33.2. The molecule has 93 heavy (non-hydrogen) atoms. The number of likely N-dealkylation sites (tertiary alicyclic amines) is 4. The number of fused-ring (bicyclic) bond motifs is 4. The Morgan fingerprint density at radius 3 is 1.43 bits per heavy atom. The van der Waals surface area contributed by atoms with E-state index in [-0.39, 0.29) is 117 Å². The minimum absolute atomic E-state index is 0.00863. The normalized spacial score (nSPS) is 33.4. The molecule has 28 heteroatoms. The van der Waals surface area contributed by atoms with E-state index in [1.807, 2.05) is 6.92 Å². The Labute approximate surface area is 594 Å². The van der Waals surface area contributed by atoms with Crippen molar-refractivity contribution in [3.63, 3.8) is 0 Å². The fraction of sp³-hybridized carbons (Fsp3) is 0.508. The van der Waals surface area contributed by atoms with Crippen molar-refractivity contribution in [2.75, 3.05) is 126 Å². The standard InChI is InChI=1S/C17H22N6O.3C16H20N6O/c1-11-5-6-23(15(24)8-18-3)9-14(11)22(4)17-13-7-12(2)21-16(13)19-10-20-17;3*1-11-5-7-22(14(23)8-17-2)9-13(11)21(3)16-12-4-6-18-15(12)19-10-20-16/h7,10-11,14H,5-6,8-9H2,1-2,4H3,(H,19,20,21);3*4,6,10-11,13H,5,7-9H2,1,3H3,(H,18,19,20)/t11-,14+;3*11-,13+/m1111/s1/i4D3,7D,10D;1D3,3D3,5D2,7D2,9D2,10D,11D,13D;1D3,3D3,9D2,10D,11D,13D;1D3,3D3,10D. The molecule has 4 saturated heterocycles. The maximum absolute atomic E-state index is 12.9. The van der Waals surface area contributed by atoms with Crippen LogP contribution in [0.2, 0.25) is 0 Å². The summed E-state index contributed by atoms with van der Waals surface area (Å²) >= 11 is 0. The fourth-order valence-corrected chi connectivity index (χ4v) is 9.89. The lowest BCUT2D eigenvalue weighted by atomic mass is 9.92. The summed E-state index contributed by atoms with van der Waals surface area (Å²) in [6.07, 6.45) is -2.65. The third-order valence-electron chi connectivity index (χ3n) is 14.7. The zero-order valence-electron chi connectivity index (χ0n) is 87.3. The molecule has 8 aromatic heterocycles. The van der Waals surface area contributed by atoms with Crippen LogP contribution in [-0.2, 0) is 19.2 Å². The quantitative estimate of drug-likeness (QED) is 0.0949. The molecular formula is C65H82N24O4. The Kier molecular flexibility index (Phi) is 10.9. The smallest absolute Gasteiger partial charge is 0.302 e. The molecule has 8 atom stereocenters. The van der Waals surface area contributed by atoms with Crippen LogP contribution in [0.1, 0.15) is 111 Å². The summed E-state index contributed by atoms with van der Waals surface area (Å²) in [4.78, 5) is 108. The minimum atomic E-state index is -4.29. The van der Waals surface area contributed by atoms with Crippen LogP contribution in [0.25, 0.3) is 63.5 Å². The molecule has 4 fully saturated rings. The van der Waals surface area contributed by atoms with E-state index in [9.17, 15) is 21.9 Å². The molecule has 0 saturated carbocycles. The van der Waals surface area contributed by atoms with Crippen molar-refractivity contribution >= 4 is 91.0 Å². The summed E-state index contributed by atoms with van der Waals surface area (Å²) in [6.45, 7) is -5.78. The maximum Gasteiger partial charge on any atom is 0.302 e. The van der Waals surface area contributed by atoms with Crippen LogP contribution in [0.15, 0.2) is 68.0 Å². The molecule has 12 rings (SSSR count). The summed E-state index contributed by atoms with van der Waals surface area (Å²) in [7, 11) is 0. The van der Waals surface area contributed by atoms with Gasteiger partial charge in [-0.05, 0) is 80.4 Å². The van der Waals surface area contributed by atoms with Gasteiger partial charge in [0.2, 0.25) is 0 Å². The van der Waals surface area contributed by atoms with Gasteiger partial charge in [0.15, 0.2) is 0 Å². The number of carbonyl (C=O) groups excluding carboxylic acids is 4.